The van der Waals surface area contributed by atoms with Crippen LogP contribution in [0.1, 0.15) is 5.56 Å². The van der Waals surface area contributed by atoms with Crippen molar-refractivity contribution in [1.82, 2.24) is 0 Å². The number of rotatable bonds is 4. The van der Waals surface area contributed by atoms with E-state index in [0.717, 1.165) is 16.3 Å². The van der Waals surface area contributed by atoms with E-state index >= 15 is 0 Å². The van der Waals surface area contributed by atoms with Crippen molar-refractivity contribution in [2.45, 2.75) is 5.33 Å². The molecule has 24 heavy (non-hydrogen) atoms. The molecule has 0 saturated heterocycles. The number of azo groups is 1. The highest BCUT2D eigenvalue weighted by molar-refractivity contribution is 9.08. The highest BCUT2D eigenvalue weighted by Crippen LogP contribution is 2.36. The van der Waals surface area contributed by atoms with Crippen molar-refractivity contribution < 1.29 is 4.92 Å². The van der Waals surface area contributed by atoms with E-state index in [1.807, 2.05) is 30.3 Å². The number of benzene rings is 3. The van der Waals surface area contributed by atoms with Crippen molar-refractivity contribution in [2.75, 3.05) is 0 Å². The molecule has 0 aromatic heterocycles. The number of non-ortho nitro benzene ring substituents is 1. The molecule has 0 aliphatic heterocycles. The summed E-state index contributed by atoms with van der Waals surface area (Å²) in [4.78, 5) is 10.2. The minimum Gasteiger partial charge on any atom is -0.258 e. The van der Waals surface area contributed by atoms with E-state index in [2.05, 4.69) is 26.2 Å². The van der Waals surface area contributed by atoms with E-state index in [0.29, 0.717) is 21.7 Å². The van der Waals surface area contributed by atoms with Crippen molar-refractivity contribution in [1.29, 1.82) is 0 Å². The Morgan fingerprint density at radius 3 is 2.33 bits per heavy atom. The van der Waals surface area contributed by atoms with E-state index < -0.39 is 4.92 Å². The predicted octanol–water partition coefficient (Wildman–Crippen LogP) is 6.71. The SMILES string of the molecule is O=[N+]([O-])c1ccc(N=Nc2cc(CBr)c(Cl)c3ccccc23)cc1. The first kappa shape index (κ1) is 16.5. The number of halogens is 2. The molecule has 0 amide bonds. The van der Waals surface area contributed by atoms with Crippen LogP contribution in [-0.4, -0.2) is 4.92 Å². The molecule has 0 N–H and O–H groups in total. The summed E-state index contributed by atoms with van der Waals surface area (Å²) in [5, 5.41) is 22.3. The smallest absolute Gasteiger partial charge is 0.258 e. The molecule has 0 unspecified atom stereocenters. The summed E-state index contributed by atoms with van der Waals surface area (Å²) in [5.74, 6) is 0. The third kappa shape index (κ3) is 3.29. The van der Waals surface area contributed by atoms with Gasteiger partial charge in [0.05, 0.1) is 21.3 Å². The lowest BCUT2D eigenvalue weighted by atomic mass is 10.1. The standard InChI is InChI=1S/C17H11BrClN3O2/c18-10-11-9-16(14-3-1-2-4-15(14)17(11)19)21-20-12-5-7-13(8-6-12)22(23)24/h1-9H,10H2. The molecule has 0 aliphatic rings. The highest BCUT2D eigenvalue weighted by Gasteiger charge is 2.09. The topological polar surface area (TPSA) is 67.9 Å². The Kier molecular flexibility index (Phi) is 4.87. The molecule has 0 radical (unpaired) electrons. The second-order valence-electron chi connectivity index (χ2n) is 5.02. The molecule has 3 rings (SSSR count). The molecule has 5 nitrogen and oxygen atoms in total. The molecule has 3 aromatic rings. The van der Waals surface area contributed by atoms with Gasteiger partial charge in [-0.15, -0.1) is 5.11 Å². The van der Waals surface area contributed by atoms with Gasteiger partial charge >= 0.3 is 0 Å². The Balaban J connectivity index is 2.03. The number of nitrogens with zero attached hydrogens (tertiary/aromatic N) is 3. The van der Waals surface area contributed by atoms with Gasteiger partial charge in [0, 0.05) is 28.2 Å². The second-order valence-corrected chi connectivity index (χ2v) is 5.96. The van der Waals surface area contributed by atoms with Crippen LogP contribution >= 0.6 is 27.5 Å². The predicted molar refractivity (Wildman–Crippen MR) is 98.9 cm³/mol. The van der Waals surface area contributed by atoms with Crippen LogP contribution in [0.25, 0.3) is 10.8 Å². The van der Waals surface area contributed by atoms with Crippen molar-refractivity contribution in [3.8, 4) is 0 Å². The maximum Gasteiger partial charge on any atom is 0.269 e. The van der Waals surface area contributed by atoms with E-state index in [1.165, 1.54) is 12.1 Å². The van der Waals surface area contributed by atoms with Gasteiger partial charge in [-0.25, -0.2) is 0 Å². The Bertz CT molecular complexity index is 942. The van der Waals surface area contributed by atoms with Crippen molar-refractivity contribution in [3.63, 3.8) is 0 Å². The minimum absolute atomic E-state index is 0.0208. The zero-order chi connectivity index (χ0) is 17.1. The number of fused-ring (bicyclic) bond motifs is 1. The normalized spacial score (nSPS) is 11.2. The van der Waals surface area contributed by atoms with Crippen LogP contribution in [0.5, 0.6) is 0 Å². The van der Waals surface area contributed by atoms with E-state index in [9.17, 15) is 10.1 Å². The third-order valence-electron chi connectivity index (χ3n) is 3.51. The minimum atomic E-state index is -0.449. The summed E-state index contributed by atoms with van der Waals surface area (Å²) in [6, 6.07) is 15.5. The van der Waals surface area contributed by atoms with Crippen molar-refractivity contribution in [2.24, 2.45) is 10.2 Å². The summed E-state index contributed by atoms with van der Waals surface area (Å²) in [5.41, 5.74) is 2.18. The Morgan fingerprint density at radius 1 is 1.04 bits per heavy atom. The van der Waals surface area contributed by atoms with Crippen LogP contribution in [0.2, 0.25) is 5.02 Å². The Hall–Kier alpha value is -2.31. The van der Waals surface area contributed by atoms with Gasteiger partial charge < -0.3 is 0 Å². The summed E-state index contributed by atoms with van der Waals surface area (Å²) < 4.78 is 0. The van der Waals surface area contributed by atoms with E-state index in [4.69, 9.17) is 11.6 Å². The zero-order valence-electron chi connectivity index (χ0n) is 12.3. The molecule has 0 heterocycles. The maximum atomic E-state index is 10.7. The summed E-state index contributed by atoms with van der Waals surface area (Å²) in [6.07, 6.45) is 0. The summed E-state index contributed by atoms with van der Waals surface area (Å²) in [6.45, 7) is 0. The first-order valence-electron chi connectivity index (χ1n) is 7.02. The lowest BCUT2D eigenvalue weighted by Gasteiger charge is -2.08. The van der Waals surface area contributed by atoms with Gasteiger partial charge in [-0.2, -0.15) is 5.11 Å². The molecule has 7 heteroatoms. The van der Waals surface area contributed by atoms with Crippen molar-refractivity contribution in [3.05, 3.63) is 75.3 Å². The fraction of sp³-hybridized carbons (Fsp3) is 0.0588. The molecule has 0 aliphatic carbocycles. The molecule has 0 fully saturated rings. The fourth-order valence-electron chi connectivity index (χ4n) is 2.31. The van der Waals surface area contributed by atoms with Crippen LogP contribution in [0.3, 0.4) is 0 Å². The number of nitro benzene ring substituents is 1. The molecule has 3 aromatic carbocycles. The highest BCUT2D eigenvalue weighted by atomic mass is 79.9. The Labute approximate surface area is 151 Å². The number of hydrogen-bond acceptors (Lipinski definition) is 4. The van der Waals surface area contributed by atoms with Gasteiger partial charge in [0.25, 0.3) is 5.69 Å². The van der Waals surface area contributed by atoms with Gasteiger partial charge in [-0.1, -0.05) is 51.8 Å². The quantitative estimate of drug-likeness (QED) is 0.210. The largest absolute Gasteiger partial charge is 0.269 e. The fourth-order valence-corrected chi connectivity index (χ4v) is 3.20. The summed E-state index contributed by atoms with van der Waals surface area (Å²) in [7, 11) is 0. The van der Waals surface area contributed by atoms with Crippen LogP contribution in [0.15, 0.2) is 64.8 Å². The monoisotopic (exact) mass is 403 g/mol. The molecule has 0 atom stereocenters. The van der Waals surface area contributed by atoms with Crippen LogP contribution < -0.4 is 0 Å². The molecule has 120 valence electrons. The lowest BCUT2D eigenvalue weighted by Crippen LogP contribution is -1.85. The zero-order valence-corrected chi connectivity index (χ0v) is 14.7. The van der Waals surface area contributed by atoms with Crippen LogP contribution in [0.4, 0.5) is 17.1 Å². The van der Waals surface area contributed by atoms with Gasteiger partial charge in [-0.05, 0) is 23.8 Å². The van der Waals surface area contributed by atoms with Crippen LogP contribution in [0, 0.1) is 10.1 Å². The van der Waals surface area contributed by atoms with Gasteiger partial charge in [0.2, 0.25) is 0 Å². The summed E-state index contributed by atoms with van der Waals surface area (Å²) >= 11 is 9.84. The molecular formula is C17H11BrClN3O2. The number of alkyl halides is 1. The first-order chi connectivity index (χ1) is 11.6. The van der Waals surface area contributed by atoms with E-state index in [-0.39, 0.29) is 5.69 Å². The maximum absolute atomic E-state index is 10.7. The number of hydrogen-bond donors (Lipinski definition) is 0. The molecule has 0 saturated carbocycles. The number of nitro groups is 1. The van der Waals surface area contributed by atoms with Gasteiger partial charge in [-0.3, -0.25) is 10.1 Å². The third-order valence-corrected chi connectivity index (χ3v) is 4.56. The van der Waals surface area contributed by atoms with Crippen LogP contribution in [-0.2, 0) is 5.33 Å². The van der Waals surface area contributed by atoms with Gasteiger partial charge in [0.15, 0.2) is 0 Å². The second kappa shape index (κ2) is 7.07. The Morgan fingerprint density at radius 2 is 1.71 bits per heavy atom. The molecule has 0 bridgehead atoms. The average Bonchev–Trinajstić information content (AvgIpc) is 2.61. The van der Waals surface area contributed by atoms with E-state index in [1.54, 1.807) is 12.1 Å². The molecule has 0 spiro atoms. The first-order valence-corrected chi connectivity index (χ1v) is 8.52. The van der Waals surface area contributed by atoms with Gasteiger partial charge in [0.1, 0.15) is 0 Å². The molecular weight excluding hydrogens is 394 g/mol. The average molecular weight is 405 g/mol. The lowest BCUT2D eigenvalue weighted by molar-refractivity contribution is -0.384. The van der Waals surface area contributed by atoms with Crippen molar-refractivity contribution >= 4 is 55.4 Å².